The first-order valence-corrected chi connectivity index (χ1v) is 30.3. The quantitative estimate of drug-likeness (QED) is 0.00679. The van der Waals surface area contributed by atoms with Gasteiger partial charge in [0.15, 0.2) is 37.6 Å². The van der Waals surface area contributed by atoms with Crippen LogP contribution in [0, 0.1) is 28.1 Å². The first-order valence-electron chi connectivity index (χ1n) is 30.3. The molecular formula is C56H100O34. The van der Waals surface area contributed by atoms with Gasteiger partial charge >= 0.3 is 5.97 Å². The van der Waals surface area contributed by atoms with Gasteiger partial charge in [-0.15, -0.1) is 0 Å². The van der Waals surface area contributed by atoms with Crippen molar-refractivity contribution in [1.82, 2.24) is 0 Å². The van der Waals surface area contributed by atoms with E-state index in [-0.39, 0.29) is 31.6 Å². The third-order valence-electron chi connectivity index (χ3n) is 19.5. The molecule has 1 heterocycles. The maximum Gasteiger partial charge on any atom is 0.314 e. The highest BCUT2D eigenvalue weighted by Gasteiger charge is 2.69. The smallest absolute Gasteiger partial charge is 0.314 e. The van der Waals surface area contributed by atoms with E-state index >= 15 is 4.79 Å². The van der Waals surface area contributed by atoms with Crippen molar-refractivity contribution in [3.63, 3.8) is 0 Å². The summed E-state index contributed by atoms with van der Waals surface area (Å²) in [6.07, 6.45) is -55.5. The highest BCUT2D eigenvalue weighted by atomic mass is 17.1. The summed E-state index contributed by atoms with van der Waals surface area (Å²) in [5, 5.41) is 264. The molecule has 0 amide bonds. The van der Waals surface area contributed by atoms with Crippen LogP contribution in [0.2, 0.25) is 0 Å². The highest BCUT2D eigenvalue weighted by Crippen LogP contribution is 2.74. The normalized spacial score (nSPS) is 35.5. The first-order chi connectivity index (χ1) is 42.2. The topological polar surface area (TPSA) is 597 Å². The van der Waals surface area contributed by atoms with Gasteiger partial charge in [-0.1, -0.05) is 19.9 Å². The molecule has 4 saturated carbocycles. The summed E-state index contributed by atoms with van der Waals surface area (Å²) in [4.78, 5) is 18.9. The Labute approximate surface area is 518 Å². The van der Waals surface area contributed by atoms with Crippen LogP contribution in [0.5, 0.6) is 0 Å². The fourth-order valence-electron chi connectivity index (χ4n) is 14.5. The van der Waals surface area contributed by atoms with Crippen molar-refractivity contribution in [3.05, 3.63) is 12.2 Å². The Bertz CT molecular complexity index is 2160. The summed E-state index contributed by atoms with van der Waals surface area (Å²) in [7, 11) is 0. The van der Waals surface area contributed by atoms with Crippen LogP contribution in [0.3, 0.4) is 0 Å². The summed E-state index contributed by atoms with van der Waals surface area (Å²) in [6, 6.07) is 0. The van der Waals surface area contributed by atoms with E-state index in [1.165, 1.54) is 0 Å². The van der Waals surface area contributed by atoms with Crippen LogP contribution in [-0.2, 0) is 42.8 Å². The number of esters is 1. The van der Waals surface area contributed by atoms with E-state index in [0.717, 1.165) is 0 Å². The van der Waals surface area contributed by atoms with Gasteiger partial charge in [0.2, 0.25) is 6.29 Å². The molecule has 0 radical (unpaired) electrons. The zero-order valence-corrected chi connectivity index (χ0v) is 50.3. The van der Waals surface area contributed by atoms with Crippen LogP contribution in [0.15, 0.2) is 12.2 Å². The van der Waals surface area contributed by atoms with Gasteiger partial charge in [0.05, 0.1) is 54.7 Å². The zero-order valence-electron chi connectivity index (χ0n) is 50.3. The Balaban J connectivity index is 1.47. The Morgan fingerprint density at radius 2 is 1.01 bits per heavy atom. The largest absolute Gasteiger partial charge is 0.433 e. The van der Waals surface area contributed by atoms with Gasteiger partial charge in [0.1, 0.15) is 79.4 Å². The molecule has 90 heavy (non-hydrogen) atoms. The second kappa shape index (κ2) is 34.2. The molecule has 5 rings (SSSR count). The molecule has 528 valence electrons. The average molecular weight is 1320 g/mol. The molecular weight excluding hydrogens is 1220 g/mol. The van der Waals surface area contributed by atoms with Crippen LogP contribution < -0.4 is 0 Å². The monoisotopic (exact) mass is 1320 g/mol. The number of aliphatic hydroxyl groups is 24. The van der Waals surface area contributed by atoms with Crippen molar-refractivity contribution in [1.29, 1.82) is 0 Å². The molecule has 34 heteroatoms. The summed E-state index contributed by atoms with van der Waals surface area (Å²) >= 11 is 0. The molecule has 5 aliphatic rings. The third-order valence-corrected chi connectivity index (χ3v) is 19.5. The number of carbonyl (C=O) groups excluding carboxylic acids is 1. The lowest BCUT2D eigenvalue weighted by molar-refractivity contribution is -0.376. The van der Waals surface area contributed by atoms with Crippen LogP contribution >= 0.6 is 0 Å². The van der Waals surface area contributed by atoms with Crippen LogP contribution in [-0.4, -0.2) is 333 Å². The van der Waals surface area contributed by atoms with E-state index in [1.54, 1.807) is 6.92 Å². The summed E-state index contributed by atoms with van der Waals surface area (Å²) in [5.41, 5.74) is -3.79. The lowest BCUT2D eigenvalue weighted by Gasteiger charge is -2.64. The van der Waals surface area contributed by atoms with Gasteiger partial charge in [-0.3, -0.25) is 10.1 Å². The van der Waals surface area contributed by atoms with E-state index in [4.69, 9.17) is 38.4 Å². The Hall–Kier alpha value is -2.07. The van der Waals surface area contributed by atoms with Gasteiger partial charge < -0.3 is 156 Å². The second-order valence-electron chi connectivity index (χ2n) is 25.3. The maximum atomic E-state index is 15.0. The Morgan fingerprint density at radius 3 is 1.50 bits per heavy atom. The Morgan fingerprint density at radius 1 is 0.556 bits per heavy atom. The van der Waals surface area contributed by atoms with Crippen molar-refractivity contribution < 1.29 is 171 Å². The van der Waals surface area contributed by atoms with Crippen molar-refractivity contribution in [2.24, 2.45) is 28.1 Å². The lowest BCUT2D eigenvalue weighted by Crippen LogP contribution is -2.65. The second-order valence-corrected chi connectivity index (χ2v) is 25.3. The highest BCUT2D eigenvalue weighted by molar-refractivity contribution is 5.77. The number of aliphatic hydroxyl groups excluding tert-OH is 24. The van der Waals surface area contributed by atoms with E-state index in [2.05, 4.69) is 11.5 Å². The molecule has 31 atom stereocenters. The molecule has 1 aliphatic heterocycles. The van der Waals surface area contributed by atoms with Crippen LogP contribution in [0.4, 0.5) is 0 Å². The van der Waals surface area contributed by atoms with E-state index in [9.17, 15) is 123 Å². The molecule has 27 unspecified atom stereocenters. The summed E-state index contributed by atoms with van der Waals surface area (Å²) in [5.74, 6) is -1.90. The third kappa shape index (κ3) is 17.5. The molecule has 0 aromatic rings. The molecule has 5 fully saturated rings. The zero-order chi connectivity index (χ0) is 67.5. The minimum absolute atomic E-state index is 0.141. The van der Waals surface area contributed by atoms with Crippen LogP contribution in [0.1, 0.15) is 104 Å². The standard InChI is InChI=1S/C56H100O34/c1-24-21-55-14-5-31-53(2,12-4-13-54(31,3)52(81)89-50(80)44(87-48(78)39(73)34(68)26(63)8-17-58)42(29(66)10-19-60)85-46(76)41(75)36(70)28(65)11-20-83-82)32(55)6-15-56(24,23-55)90-51-45(88-49(79)40(74)35(69)27(64)9-18-59)43(37(71)30(22-61)84-51)86-47(77)38(72)33(67)25(62)7-16-57/h25-51,57-80,82H,1,4-23H2,2-3H3/t25?,26?,27?,28?,29?,30?,31?,32-,33?,34?,35?,36?,37?,38?,39?,40?,41?,42?,43?,44?,45?,46?,47?,48?,49?,50?,51?,53+,54+,55?,56-/m0/s1. The van der Waals surface area contributed by atoms with Crippen molar-refractivity contribution in [3.8, 4) is 0 Å². The maximum absolute atomic E-state index is 15.0. The fraction of sp³-hybridized carbons (Fsp3) is 0.946. The first kappa shape index (κ1) is 78.6. The molecule has 25 N–H and O–H groups in total. The molecule has 0 aromatic heterocycles. The number of hydrogen-bond donors (Lipinski definition) is 25. The number of rotatable bonds is 39. The minimum Gasteiger partial charge on any atom is -0.433 e. The Kier molecular flexibility index (Phi) is 29.9. The predicted octanol–water partition coefficient (Wildman–Crippen LogP) is -9.05. The van der Waals surface area contributed by atoms with Gasteiger partial charge in [-0.25, -0.2) is 4.89 Å². The van der Waals surface area contributed by atoms with E-state index in [1.807, 2.05) is 6.92 Å². The van der Waals surface area contributed by atoms with E-state index < -0.39 is 259 Å². The van der Waals surface area contributed by atoms with Crippen molar-refractivity contribution >= 4 is 5.97 Å². The van der Waals surface area contributed by atoms with Crippen molar-refractivity contribution in [2.75, 3.05) is 39.6 Å². The molecule has 1 saturated heterocycles. The van der Waals surface area contributed by atoms with Gasteiger partial charge in [-0.05, 0) is 112 Å². The SMILES string of the molecule is C=C1CC23CCC4[C@](C)(C(=O)OC(O)C(OC(O)C(O)C(O)C(O)CCO)C(OC(O)C(O)C(O)C(O)CCOO)C(O)CCO)CCC[C@@]4(C)[C@@H]2CC[C@]1(OC1OC(CO)C(O)C(OC(O)C(O)C(O)C(O)CCO)C1OC(O)C(O)C(O)C(O)CCO)C3. The molecule has 4 aliphatic carbocycles. The van der Waals surface area contributed by atoms with Crippen molar-refractivity contribution in [2.45, 2.75) is 263 Å². The van der Waals surface area contributed by atoms with Gasteiger partial charge in [0, 0.05) is 32.8 Å². The molecule has 34 nitrogen and oxygen atoms in total. The van der Waals surface area contributed by atoms with Gasteiger partial charge in [0.25, 0.3) is 0 Å². The van der Waals surface area contributed by atoms with Gasteiger partial charge in [-0.2, -0.15) is 0 Å². The number of carbonyl (C=O) groups is 1. The summed E-state index contributed by atoms with van der Waals surface area (Å²) < 4.78 is 41.2. The number of hydrogen-bond acceptors (Lipinski definition) is 34. The minimum atomic E-state index is -2.69. The summed E-state index contributed by atoms with van der Waals surface area (Å²) in [6.45, 7) is 3.64. The van der Waals surface area contributed by atoms with Crippen LogP contribution in [0.25, 0.3) is 0 Å². The number of ether oxygens (including phenoxy) is 7. The average Bonchev–Trinajstić information content (AvgIpc) is 1.44. The molecule has 0 aromatic carbocycles. The van der Waals surface area contributed by atoms with E-state index in [0.29, 0.717) is 37.7 Å². The molecule has 2 bridgehead atoms. The lowest BCUT2D eigenvalue weighted by atomic mass is 9.41. The number of fused-ring (bicyclic) bond motifs is 3. The fourth-order valence-corrected chi connectivity index (χ4v) is 14.5. The molecule has 1 spiro atoms. The predicted molar refractivity (Wildman–Crippen MR) is 296 cm³/mol.